The summed E-state index contributed by atoms with van der Waals surface area (Å²) in [5.41, 5.74) is 2.28. The topological polar surface area (TPSA) is 20.7 Å². The normalized spacial score (nSPS) is 11.2. The van der Waals surface area contributed by atoms with E-state index >= 15 is 0 Å². The fourth-order valence-electron chi connectivity index (χ4n) is 2.02. The van der Waals surface area contributed by atoms with Crippen molar-refractivity contribution in [2.75, 3.05) is 0 Å². The summed E-state index contributed by atoms with van der Waals surface area (Å²) in [7, 11) is 0. The molecule has 0 aliphatic carbocycles. The third kappa shape index (κ3) is 2.26. The Bertz CT molecular complexity index is 767. The highest BCUT2D eigenvalue weighted by atomic mass is 127. The number of rotatable bonds is 2. The average molecular weight is 386 g/mol. The molecule has 1 aromatic carbocycles. The molecule has 3 aromatic rings. The Balaban J connectivity index is 2.11. The van der Waals surface area contributed by atoms with Gasteiger partial charge in [-0.2, -0.15) is 0 Å². The van der Waals surface area contributed by atoms with Crippen LogP contribution in [0.4, 0.5) is 0 Å². The average Bonchev–Trinajstić information content (AvgIpc) is 2.84. The van der Waals surface area contributed by atoms with Gasteiger partial charge < -0.3 is 9.55 Å². The van der Waals surface area contributed by atoms with Gasteiger partial charge in [0, 0.05) is 13.3 Å². The minimum Gasteiger partial charge on any atom is -0.331 e. The van der Waals surface area contributed by atoms with E-state index in [1.807, 2.05) is 11.3 Å². The van der Waals surface area contributed by atoms with E-state index in [1.165, 1.54) is 18.8 Å². The first-order valence-electron chi connectivity index (χ1n) is 5.57. The molecule has 0 fully saturated rings. The Hall–Kier alpha value is -0.660. The van der Waals surface area contributed by atoms with Crippen molar-refractivity contribution in [3.8, 4) is 0 Å². The number of aromatic amines is 1. The highest BCUT2D eigenvalue weighted by Gasteiger charge is 2.06. The van der Waals surface area contributed by atoms with E-state index in [9.17, 15) is 0 Å². The molecule has 2 heterocycles. The molecule has 18 heavy (non-hydrogen) atoms. The first-order chi connectivity index (χ1) is 8.63. The second-order valence-electron chi connectivity index (χ2n) is 4.19. The zero-order valence-corrected chi connectivity index (χ0v) is 13.5. The van der Waals surface area contributed by atoms with Crippen molar-refractivity contribution in [1.82, 2.24) is 9.55 Å². The lowest BCUT2D eigenvalue weighted by atomic mass is 10.3. The van der Waals surface area contributed by atoms with Gasteiger partial charge >= 0.3 is 0 Å². The van der Waals surface area contributed by atoms with Crippen molar-refractivity contribution in [2.24, 2.45) is 0 Å². The van der Waals surface area contributed by atoms with Gasteiger partial charge in [-0.1, -0.05) is 0 Å². The molecule has 1 N–H and O–H groups in total. The number of aryl methyl sites for hydroxylation is 1. The summed E-state index contributed by atoms with van der Waals surface area (Å²) >= 11 is 9.55. The van der Waals surface area contributed by atoms with Gasteiger partial charge in [0.15, 0.2) is 4.77 Å². The number of hydrogen-bond donors (Lipinski definition) is 1. The number of halogens is 1. The number of aromatic nitrogens is 2. The standard InChI is InChI=1S/C13H11IN2S2/c1-8-2-4-10(18-8)7-16-12-5-3-9(14)6-11(12)15-13(16)17/h2-6H,7H2,1H3,(H,15,17). The second-order valence-corrected chi connectivity index (χ2v) is 7.19. The first kappa shape index (κ1) is 12.4. The van der Waals surface area contributed by atoms with Gasteiger partial charge in [0.05, 0.1) is 17.6 Å². The molecule has 0 unspecified atom stereocenters. The lowest BCUT2D eigenvalue weighted by Crippen LogP contribution is -1.97. The number of imidazole rings is 1. The first-order valence-corrected chi connectivity index (χ1v) is 7.87. The molecule has 5 heteroatoms. The molecule has 2 nitrogen and oxygen atoms in total. The number of fused-ring (bicyclic) bond motifs is 1. The minimum atomic E-state index is 0.790. The van der Waals surface area contributed by atoms with Crippen molar-refractivity contribution in [3.05, 3.63) is 48.4 Å². The largest absolute Gasteiger partial charge is 0.331 e. The van der Waals surface area contributed by atoms with Crippen molar-refractivity contribution in [3.63, 3.8) is 0 Å². The Morgan fingerprint density at radius 3 is 2.89 bits per heavy atom. The summed E-state index contributed by atoms with van der Waals surface area (Å²) in [6.07, 6.45) is 0. The zero-order valence-electron chi connectivity index (χ0n) is 9.74. The fraction of sp³-hybridized carbons (Fsp3) is 0.154. The van der Waals surface area contributed by atoms with Gasteiger partial charge in [0.1, 0.15) is 0 Å². The molecule has 0 aliphatic rings. The summed E-state index contributed by atoms with van der Waals surface area (Å²) in [4.78, 5) is 5.95. The molecule has 0 radical (unpaired) electrons. The highest BCUT2D eigenvalue weighted by molar-refractivity contribution is 14.1. The van der Waals surface area contributed by atoms with E-state index in [0.717, 1.165) is 16.8 Å². The Morgan fingerprint density at radius 1 is 1.33 bits per heavy atom. The van der Waals surface area contributed by atoms with Gasteiger partial charge in [0.25, 0.3) is 0 Å². The van der Waals surface area contributed by atoms with Crippen LogP contribution in [-0.4, -0.2) is 9.55 Å². The van der Waals surface area contributed by atoms with Crippen LogP contribution >= 0.6 is 46.1 Å². The maximum Gasteiger partial charge on any atom is 0.178 e. The fourth-order valence-corrected chi connectivity index (χ4v) is 3.66. The lowest BCUT2D eigenvalue weighted by molar-refractivity contribution is 0.823. The van der Waals surface area contributed by atoms with Crippen LogP contribution in [0.15, 0.2) is 30.3 Å². The molecule has 0 aliphatic heterocycles. The van der Waals surface area contributed by atoms with Crippen LogP contribution in [-0.2, 0) is 6.54 Å². The van der Waals surface area contributed by atoms with Crippen LogP contribution in [0.5, 0.6) is 0 Å². The maximum atomic E-state index is 5.41. The molecule has 0 atom stereocenters. The Kier molecular flexibility index (Phi) is 3.29. The Labute approximate surface area is 128 Å². The third-order valence-corrected chi connectivity index (χ3v) is 4.82. The predicted octanol–water partition coefficient (Wildman–Crippen LogP) is 4.72. The van der Waals surface area contributed by atoms with Crippen LogP contribution in [0, 0.1) is 15.3 Å². The van der Waals surface area contributed by atoms with Crippen LogP contribution in [0.2, 0.25) is 0 Å². The zero-order chi connectivity index (χ0) is 12.7. The minimum absolute atomic E-state index is 0.790. The molecule has 0 saturated carbocycles. The molecule has 0 bridgehead atoms. The van der Waals surface area contributed by atoms with Gasteiger partial charge in [-0.3, -0.25) is 0 Å². The third-order valence-electron chi connectivity index (χ3n) is 2.85. The number of thiophene rings is 1. The smallest absolute Gasteiger partial charge is 0.178 e. The van der Waals surface area contributed by atoms with Crippen molar-refractivity contribution in [1.29, 1.82) is 0 Å². The van der Waals surface area contributed by atoms with Crippen LogP contribution in [0.25, 0.3) is 11.0 Å². The van der Waals surface area contributed by atoms with E-state index in [4.69, 9.17) is 12.2 Å². The molecule has 92 valence electrons. The van der Waals surface area contributed by atoms with Gasteiger partial charge in [-0.05, 0) is 72.1 Å². The molecule has 0 spiro atoms. The van der Waals surface area contributed by atoms with E-state index in [0.29, 0.717) is 0 Å². The molecular formula is C13H11IN2S2. The number of benzene rings is 1. The maximum absolute atomic E-state index is 5.41. The number of nitrogens with one attached hydrogen (secondary N) is 1. The van der Waals surface area contributed by atoms with Gasteiger partial charge in [-0.25, -0.2) is 0 Å². The van der Waals surface area contributed by atoms with Gasteiger partial charge in [0.2, 0.25) is 0 Å². The monoisotopic (exact) mass is 386 g/mol. The summed E-state index contributed by atoms with van der Waals surface area (Å²) < 4.78 is 4.17. The van der Waals surface area contributed by atoms with Crippen LogP contribution < -0.4 is 0 Å². The van der Waals surface area contributed by atoms with E-state index in [1.54, 1.807) is 0 Å². The molecular weight excluding hydrogens is 375 g/mol. The van der Waals surface area contributed by atoms with E-state index in [2.05, 4.69) is 69.4 Å². The van der Waals surface area contributed by atoms with Crippen LogP contribution in [0.3, 0.4) is 0 Å². The van der Waals surface area contributed by atoms with Gasteiger partial charge in [-0.15, -0.1) is 11.3 Å². The summed E-state index contributed by atoms with van der Waals surface area (Å²) in [6, 6.07) is 10.7. The SMILES string of the molecule is Cc1ccc(Cn2c(=S)[nH]c3cc(I)ccc32)s1. The van der Waals surface area contributed by atoms with Crippen molar-refractivity contribution in [2.45, 2.75) is 13.5 Å². The molecule has 0 amide bonds. The predicted molar refractivity (Wildman–Crippen MR) is 88.0 cm³/mol. The number of hydrogen-bond acceptors (Lipinski definition) is 2. The number of H-pyrrole nitrogens is 1. The lowest BCUT2D eigenvalue weighted by Gasteiger charge is -2.02. The van der Waals surface area contributed by atoms with E-state index in [-0.39, 0.29) is 0 Å². The summed E-state index contributed by atoms with van der Waals surface area (Å²) in [5, 5.41) is 0. The highest BCUT2D eigenvalue weighted by Crippen LogP contribution is 2.21. The molecule has 0 saturated heterocycles. The van der Waals surface area contributed by atoms with Crippen molar-refractivity contribution >= 4 is 57.2 Å². The molecule has 3 rings (SSSR count). The molecule has 2 aromatic heterocycles. The summed E-state index contributed by atoms with van der Waals surface area (Å²) in [5.74, 6) is 0. The van der Waals surface area contributed by atoms with Crippen molar-refractivity contribution < 1.29 is 0 Å². The van der Waals surface area contributed by atoms with E-state index < -0.39 is 0 Å². The summed E-state index contributed by atoms with van der Waals surface area (Å²) in [6.45, 7) is 2.98. The number of nitrogens with zero attached hydrogens (tertiary/aromatic N) is 1. The quantitative estimate of drug-likeness (QED) is 0.499. The second kappa shape index (κ2) is 4.79. The van der Waals surface area contributed by atoms with Crippen LogP contribution in [0.1, 0.15) is 9.75 Å². The Morgan fingerprint density at radius 2 is 2.17 bits per heavy atom.